The number of likely N-dealkylation sites (tertiary alicyclic amines) is 1. The van der Waals surface area contributed by atoms with Gasteiger partial charge in [-0.3, -0.25) is 9.59 Å². The monoisotopic (exact) mass is 342 g/mol. The molecule has 0 bridgehead atoms. The molecule has 2 aliphatic carbocycles. The van der Waals surface area contributed by atoms with Gasteiger partial charge < -0.3 is 15.3 Å². The number of hydrogen-bond acceptors (Lipinski definition) is 3. The van der Waals surface area contributed by atoms with E-state index in [1.807, 2.05) is 12.1 Å². The van der Waals surface area contributed by atoms with Gasteiger partial charge in [0.25, 0.3) is 0 Å². The highest BCUT2D eigenvalue weighted by Gasteiger charge is 2.55. The van der Waals surface area contributed by atoms with Crippen LogP contribution in [0, 0.1) is 11.3 Å². The highest BCUT2D eigenvalue weighted by Crippen LogP contribution is 2.48. The van der Waals surface area contributed by atoms with E-state index in [-0.39, 0.29) is 24.3 Å². The molecule has 1 aromatic carbocycles. The van der Waals surface area contributed by atoms with Gasteiger partial charge in [-0.05, 0) is 49.3 Å². The van der Waals surface area contributed by atoms with Gasteiger partial charge in [-0.2, -0.15) is 0 Å². The van der Waals surface area contributed by atoms with Crippen LogP contribution < -0.4 is 5.32 Å². The van der Waals surface area contributed by atoms with Crippen molar-refractivity contribution in [3.05, 3.63) is 29.3 Å². The van der Waals surface area contributed by atoms with Gasteiger partial charge in [0.2, 0.25) is 0 Å². The molecule has 2 N–H and O–H groups in total. The summed E-state index contributed by atoms with van der Waals surface area (Å²) in [5, 5.41) is 12.5. The van der Waals surface area contributed by atoms with Gasteiger partial charge in [-0.1, -0.05) is 12.5 Å². The number of amides is 2. The Balaban J connectivity index is 1.49. The Bertz CT molecular complexity index is 760. The number of anilines is 1. The molecular weight excluding hydrogens is 320 g/mol. The number of carboxylic acids is 1. The summed E-state index contributed by atoms with van der Waals surface area (Å²) in [6.45, 7) is 0.755. The van der Waals surface area contributed by atoms with Crippen LogP contribution in [0.1, 0.15) is 48.0 Å². The van der Waals surface area contributed by atoms with Crippen LogP contribution >= 0.6 is 0 Å². The number of carbonyl (C=O) groups is 3. The zero-order chi connectivity index (χ0) is 17.6. The van der Waals surface area contributed by atoms with Gasteiger partial charge >= 0.3 is 12.0 Å². The van der Waals surface area contributed by atoms with Crippen molar-refractivity contribution in [1.29, 1.82) is 0 Å². The molecule has 3 aliphatic rings. The third kappa shape index (κ3) is 2.60. The molecule has 6 nitrogen and oxygen atoms in total. The van der Waals surface area contributed by atoms with E-state index in [1.54, 1.807) is 11.0 Å². The van der Waals surface area contributed by atoms with Gasteiger partial charge in [0.1, 0.15) is 0 Å². The zero-order valence-corrected chi connectivity index (χ0v) is 14.1. The Kier molecular flexibility index (Phi) is 3.78. The number of hydrogen-bond donors (Lipinski definition) is 2. The van der Waals surface area contributed by atoms with Crippen LogP contribution in [0.5, 0.6) is 0 Å². The molecule has 25 heavy (non-hydrogen) atoms. The summed E-state index contributed by atoms with van der Waals surface area (Å²) in [5.74, 6) is -0.622. The highest BCUT2D eigenvalue weighted by atomic mass is 16.4. The minimum Gasteiger partial charge on any atom is -0.481 e. The lowest BCUT2D eigenvalue weighted by atomic mass is 9.81. The lowest BCUT2D eigenvalue weighted by molar-refractivity contribution is -0.149. The van der Waals surface area contributed by atoms with Crippen molar-refractivity contribution in [1.82, 2.24) is 4.90 Å². The molecule has 2 fully saturated rings. The molecule has 1 heterocycles. The number of rotatable bonds is 2. The Morgan fingerprint density at radius 3 is 2.84 bits per heavy atom. The van der Waals surface area contributed by atoms with E-state index in [4.69, 9.17) is 0 Å². The number of urea groups is 1. The molecule has 0 unspecified atom stereocenters. The molecule has 4 rings (SSSR count). The number of carbonyl (C=O) groups excluding carboxylic acids is 2. The number of fused-ring (bicyclic) bond motifs is 2. The molecule has 1 saturated heterocycles. The number of Topliss-reactive ketones (excluding diaryl/α,β-unsaturated/α-hetero) is 1. The molecule has 6 heteroatoms. The zero-order valence-electron chi connectivity index (χ0n) is 14.1. The molecule has 1 aromatic rings. The van der Waals surface area contributed by atoms with Gasteiger partial charge in [-0.15, -0.1) is 0 Å². The van der Waals surface area contributed by atoms with Crippen molar-refractivity contribution < 1.29 is 19.5 Å². The van der Waals surface area contributed by atoms with E-state index in [9.17, 15) is 19.5 Å². The smallest absolute Gasteiger partial charge is 0.321 e. The maximum atomic E-state index is 12.6. The number of aryl methyl sites for hydroxylation is 1. The first-order chi connectivity index (χ1) is 12.0. The first-order valence-corrected chi connectivity index (χ1v) is 8.95. The lowest BCUT2D eigenvalue weighted by Gasteiger charge is -2.23. The lowest BCUT2D eigenvalue weighted by Crippen LogP contribution is -2.38. The second-order valence-electron chi connectivity index (χ2n) is 7.51. The quantitative estimate of drug-likeness (QED) is 0.865. The minimum absolute atomic E-state index is 0.0425. The largest absolute Gasteiger partial charge is 0.481 e. The van der Waals surface area contributed by atoms with Crippen LogP contribution in [0.25, 0.3) is 0 Å². The van der Waals surface area contributed by atoms with Crippen molar-refractivity contribution in [2.45, 2.75) is 38.5 Å². The molecule has 1 saturated carbocycles. The number of nitrogens with one attached hydrogen (secondary N) is 1. The summed E-state index contributed by atoms with van der Waals surface area (Å²) in [7, 11) is 0. The molecule has 0 spiro atoms. The number of aliphatic carboxylic acids is 1. The fourth-order valence-electron chi connectivity index (χ4n) is 4.70. The minimum atomic E-state index is -0.787. The van der Waals surface area contributed by atoms with Crippen LogP contribution in [0.15, 0.2) is 18.2 Å². The van der Waals surface area contributed by atoms with Gasteiger partial charge in [0.15, 0.2) is 5.78 Å². The molecular formula is C19H22N2O4. The average Bonchev–Trinajstić information content (AvgIpc) is 3.14. The summed E-state index contributed by atoms with van der Waals surface area (Å²) in [4.78, 5) is 38.0. The highest BCUT2D eigenvalue weighted by molar-refractivity contribution is 6.00. The topological polar surface area (TPSA) is 86.7 Å². The number of benzene rings is 1. The molecule has 0 radical (unpaired) electrons. The van der Waals surface area contributed by atoms with Crippen molar-refractivity contribution in [3.8, 4) is 0 Å². The number of carboxylic acid groups (broad SMARTS) is 1. The third-order valence-electron chi connectivity index (χ3n) is 6.10. The van der Waals surface area contributed by atoms with Gasteiger partial charge in [-0.25, -0.2) is 4.79 Å². The standard InChI is InChI=1S/C19H22N2O4/c22-16-5-1-3-12-6-7-14(9-15(12)16)20-18(25)21-10-13-4-2-8-19(13,11-21)17(23)24/h6-7,9,13H,1-5,8,10-11H2,(H,20,25)(H,23,24)/t13-,19+/m0/s1. The van der Waals surface area contributed by atoms with E-state index >= 15 is 0 Å². The number of ketones is 1. The predicted octanol–water partition coefficient (Wildman–Crippen LogP) is 2.92. The van der Waals surface area contributed by atoms with Crippen molar-refractivity contribution in [2.75, 3.05) is 18.4 Å². The maximum Gasteiger partial charge on any atom is 0.321 e. The third-order valence-corrected chi connectivity index (χ3v) is 6.10. The van der Waals surface area contributed by atoms with Crippen LogP contribution in [0.3, 0.4) is 0 Å². The molecule has 2 amide bonds. The SMILES string of the molecule is O=C1CCCc2ccc(NC(=O)N3C[C@@H]4CCC[C@@]4(C(=O)O)C3)cc21. The fourth-order valence-corrected chi connectivity index (χ4v) is 4.70. The second-order valence-corrected chi connectivity index (χ2v) is 7.51. The Morgan fingerprint density at radius 1 is 1.24 bits per heavy atom. The van der Waals surface area contributed by atoms with Crippen LogP contribution in [0.2, 0.25) is 0 Å². The van der Waals surface area contributed by atoms with Crippen LogP contribution in [-0.2, 0) is 11.2 Å². The molecule has 132 valence electrons. The van der Waals surface area contributed by atoms with Gasteiger partial charge in [0, 0.05) is 30.8 Å². The maximum absolute atomic E-state index is 12.6. The van der Waals surface area contributed by atoms with E-state index in [0.717, 1.165) is 31.2 Å². The van der Waals surface area contributed by atoms with Crippen molar-refractivity contribution in [2.24, 2.45) is 11.3 Å². The normalized spacial score (nSPS) is 27.8. The molecule has 2 atom stereocenters. The first kappa shape index (κ1) is 16.1. The Morgan fingerprint density at radius 2 is 2.08 bits per heavy atom. The summed E-state index contributed by atoms with van der Waals surface area (Å²) >= 11 is 0. The summed E-state index contributed by atoms with van der Waals surface area (Å²) < 4.78 is 0. The molecule has 0 aromatic heterocycles. The van der Waals surface area contributed by atoms with Crippen LogP contribution in [0.4, 0.5) is 10.5 Å². The average molecular weight is 342 g/mol. The summed E-state index contributed by atoms with van der Waals surface area (Å²) in [6, 6.07) is 5.19. The van der Waals surface area contributed by atoms with E-state index in [1.165, 1.54) is 0 Å². The summed E-state index contributed by atoms with van der Waals surface area (Å²) in [5.41, 5.74) is 1.56. The summed E-state index contributed by atoms with van der Waals surface area (Å²) in [6.07, 6.45) is 4.75. The Hall–Kier alpha value is -2.37. The van der Waals surface area contributed by atoms with Gasteiger partial charge in [0.05, 0.1) is 5.41 Å². The Labute approximate surface area is 146 Å². The van der Waals surface area contributed by atoms with Crippen molar-refractivity contribution >= 4 is 23.5 Å². The van der Waals surface area contributed by atoms with E-state index in [2.05, 4.69) is 5.32 Å². The van der Waals surface area contributed by atoms with E-state index < -0.39 is 11.4 Å². The predicted molar refractivity (Wildman–Crippen MR) is 91.7 cm³/mol. The van der Waals surface area contributed by atoms with Crippen molar-refractivity contribution in [3.63, 3.8) is 0 Å². The van der Waals surface area contributed by atoms with Crippen LogP contribution in [-0.4, -0.2) is 40.9 Å². The number of nitrogens with zero attached hydrogens (tertiary/aromatic N) is 1. The first-order valence-electron chi connectivity index (χ1n) is 8.95. The fraction of sp³-hybridized carbons (Fsp3) is 0.526. The molecule has 1 aliphatic heterocycles. The second kappa shape index (κ2) is 5.86. The van der Waals surface area contributed by atoms with E-state index in [0.29, 0.717) is 30.6 Å².